The van der Waals surface area contributed by atoms with E-state index in [2.05, 4.69) is 41.5 Å². The fraction of sp³-hybridized carbons (Fsp3) is 1.00. The SMILES string of the molecule is CCPC(C)CC(C)C(C)C(C)CC. The van der Waals surface area contributed by atoms with E-state index in [0.29, 0.717) is 0 Å². The first-order chi connectivity index (χ1) is 6.52. The van der Waals surface area contributed by atoms with Crippen molar-refractivity contribution in [3.05, 3.63) is 0 Å². The Balaban J connectivity index is 3.87. The smallest absolute Gasteiger partial charge is 0.0263 e. The molecule has 86 valence electrons. The molecule has 0 amide bonds. The van der Waals surface area contributed by atoms with Gasteiger partial charge in [0.25, 0.3) is 0 Å². The summed E-state index contributed by atoms with van der Waals surface area (Å²) in [6.45, 7) is 14.3. The van der Waals surface area contributed by atoms with Gasteiger partial charge in [0, 0.05) is 0 Å². The number of hydrogen-bond acceptors (Lipinski definition) is 0. The van der Waals surface area contributed by atoms with Crippen molar-refractivity contribution < 1.29 is 0 Å². The van der Waals surface area contributed by atoms with Crippen molar-refractivity contribution in [2.24, 2.45) is 17.8 Å². The van der Waals surface area contributed by atoms with Crippen LogP contribution in [-0.2, 0) is 0 Å². The fourth-order valence-corrected chi connectivity index (χ4v) is 3.37. The van der Waals surface area contributed by atoms with E-state index in [9.17, 15) is 0 Å². The molecule has 0 N–H and O–H groups in total. The summed E-state index contributed by atoms with van der Waals surface area (Å²) in [4.78, 5) is 0. The van der Waals surface area contributed by atoms with Crippen LogP contribution in [-0.4, -0.2) is 11.8 Å². The Morgan fingerprint density at radius 1 is 0.929 bits per heavy atom. The van der Waals surface area contributed by atoms with Gasteiger partial charge in [-0.15, -0.1) is 8.58 Å². The Bertz CT molecular complexity index is 133. The third kappa shape index (κ3) is 5.35. The largest absolute Gasteiger partial charge is 0.119 e. The van der Waals surface area contributed by atoms with E-state index < -0.39 is 0 Å². The highest BCUT2D eigenvalue weighted by atomic mass is 31.1. The quantitative estimate of drug-likeness (QED) is 0.537. The minimum Gasteiger partial charge on any atom is -0.119 e. The summed E-state index contributed by atoms with van der Waals surface area (Å²) in [6, 6.07) is 0. The third-order valence-electron chi connectivity index (χ3n) is 3.72. The van der Waals surface area contributed by atoms with Crippen molar-refractivity contribution in [2.45, 2.75) is 60.0 Å². The van der Waals surface area contributed by atoms with Crippen LogP contribution in [0.4, 0.5) is 0 Å². The molecule has 0 aromatic rings. The van der Waals surface area contributed by atoms with Gasteiger partial charge in [-0.25, -0.2) is 0 Å². The molecule has 0 heterocycles. The van der Waals surface area contributed by atoms with E-state index in [0.717, 1.165) is 23.4 Å². The van der Waals surface area contributed by atoms with Gasteiger partial charge in [0.2, 0.25) is 0 Å². The molecule has 0 saturated heterocycles. The van der Waals surface area contributed by atoms with Gasteiger partial charge in [-0.2, -0.15) is 0 Å². The summed E-state index contributed by atoms with van der Waals surface area (Å²) >= 11 is 0. The minimum absolute atomic E-state index is 0.891. The van der Waals surface area contributed by atoms with Gasteiger partial charge in [-0.05, 0) is 36.0 Å². The Labute approximate surface area is 93.0 Å². The van der Waals surface area contributed by atoms with Crippen LogP contribution in [0.25, 0.3) is 0 Å². The minimum atomic E-state index is 0.891. The highest BCUT2D eigenvalue weighted by Gasteiger charge is 2.19. The lowest BCUT2D eigenvalue weighted by Gasteiger charge is -2.27. The average molecular weight is 216 g/mol. The summed E-state index contributed by atoms with van der Waals surface area (Å²) in [5, 5.41) is 0. The maximum absolute atomic E-state index is 2.44. The van der Waals surface area contributed by atoms with E-state index in [1.165, 1.54) is 27.6 Å². The molecule has 0 aliphatic carbocycles. The van der Waals surface area contributed by atoms with Crippen LogP contribution in [0, 0.1) is 17.8 Å². The van der Waals surface area contributed by atoms with Crippen LogP contribution in [0.1, 0.15) is 54.4 Å². The van der Waals surface area contributed by atoms with Crippen LogP contribution in [0.15, 0.2) is 0 Å². The van der Waals surface area contributed by atoms with E-state index in [4.69, 9.17) is 0 Å². The summed E-state index contributed by atoms with van der Waals surface area (Å²) < 4.78 is 0. The number of hydrogen-bond donors (Lipinski definition) is 0. The lowest BCUT2D eigenvalue weighted by Crippen LogP contribution is -2.18. The summed E-state index contributed by atoms with van der Waals surface area (Å²) in [5.41, 5.74) is 0.946. The van der Waals surface area contributed by atoms with Crippen molar-refractivity contribution in [3.8, 4) is 0 Å². The topological polar surface area (TPSA) is 0 Å². The first-order valence-corrected chi connectivity index (χ1v) is 7.54. The Morgan fingerprint density at radius 2 is 1.50 bits per heavy atom. The molecule has 0 radical (unpaired) electrons. The predicted octanol–water partition coefficient (Wildman–Crippen LogP) is 4.78. The standard InChI is InChI=1S/C13H29P/c1-7-10(3)13(6)11(4)9-12(5)14-8-2/h10-14H,7-9H2,1-6H3. The zero-order valence-corrected chi connectivity index (χ0v) is 11.9. The van der Waals surface area contributed by atoms with Crippen molar-refractivity contribution in [1.29, 1.82) is 0 Å². The Hall–Kier alpha value is 0.430. The van der Waals surface area contributed by atoms with Gasteiger partial charge in [0.15, 0.2) is 0 Å². The second kappa shape index (κ2) is 7.69. The van der Waals surface area contributed by atoms with E-state index in [1.54, 1.807) is 0 Å². The predicted molar refractivity (Wildman–Crippen MR) is 70.7 cm³/mol. The maximum atomic E-state index is 2.44. The molecule has 0 aromatic heterocycles. The summed E-state index contributed by atoms with van der Waals surface area (Å²) in [7, 11) is 1.17. The molecule has 0 rings (SSSR count). The van der Waals surface area contributed by atoms with E-state index in [1.807, 2.05) is 0 Å². The average Bonchev–Trinajstić information content (AvgIpc) is 2.15. The van der Waals surface area contributed by atoms with Gasteiger partial charge < -0.3 is 0 Å². The molecule has 5 atom stereocenters. The molecule has 0 aromatic carbocycles. The van der Waals surface area contributed by atoms with Crippen LogP contribution < -0.4 is 0 Å². The van der Waals surface area contributed by atoms with E-state index >= 15 is 0 Å². The first kappa shape index (κ1) is 14.4. The maximum Gasteiger partial charge on any atom is -0.0263 e. The monoisotopic (exact) mass is 216 g/mol. The third-order valence-corrected chi connectivity index (χ3v) is 5.06. The molecule has 0 bridgehead atoms. The summed E-state index contributed by atoms with van der Waals surface area (Å²) in [5.74, 6) is 2.69. The van der Waals surface area contributed by atoms with Crippen molar-refractivity contribution >= 4 is 8.58 Å². The van der Waals surface area contributed by atoms with Gasteiger partial charge in [0.1, 0.15) is 0 Å². The Morgan fingerprint density at radius 3 is 1.93 bits per heavy atom. The molecule has 0 aliphatic heterocycles. The van der Waals surface area contributed by atoms with Crippen LogP contribution >= 0.6 is 8.58 Å². The molecule has 14 heavy (non-hydrogen) atoms. The lowest BCUT2D eigenvalue weighted by atomic mass is 9.81. The fourth-order valence-electron chi connectivity index (χ4n) is 2.14. The Kier molecular flexibility index (Phi) is 7.92. The van der Waals surface area contributed by atoms with Gasteiger partial charge in [0.05, 0.1) is 0 Å². The van der Waals surface area contributed by atoms with Crippen LogP contribution in [0.2, 0.25) is 0 Å². The molecule has 5 unspecified atom stereocenters. The second-order valence-corrected chi connectivity index (χ2v) is 7.02. The number of rotatable bonds is 7. The molecule has 0 saturated carbocycles. The van der Waals surface area contributed by atoms with Crippen molar-refractivity contribution in [1.82, 2.24) is 0 Å². The zero-order chi connectivity index (χ0) is 11.1. The van der Waals surface area contributed by atoms with Crippen LogP contribution in [0.5, 0.6) is 0 Å². The van der Waals surface area contributed by atoms with Crippen LogP contribution in [0.3, 0.4) is 0 Å². The molecular formula is C13H29P. The highest BCUT2D eigenvalue weighted by Crippen LogP contribution is 2.31. The molecule has 1 heteroatoms. The molecule has 0 spiro atoms. The van der Waals surface area contributed by atoms with Gasteiger partial charge in [-0.3, -0.25) is 0 Å². The molecule has 0 aliphatic rings. The van der Waals surface area contributed by atoms with Gasteiger partial charge >= 0.3 is 0 Å². The summed E-state index contributed by atoms with van der Waals surface area (Å²) in [6.07, 6.45) is 4.12. The zero-order valence-electron chi connectivity index (χ0n) is 10.9. The first-order valence-electron chi connectivity index (χ1n) is 6.26. The molecule has 0 fully saturated rings. The van der Waals surface area contributed by atoms with Gasteiger partial charge in [-0.1, -0.05) is 48.0 Å². The van der Waals surface area contributed by atoms with Crippen molar-refractivity contribution in [3.63, 3.8) is 0 Å². The molecular weight excluding hydrogens is 187 g/mol. The second-order valence-electron chi connectivity index (χ2n) is 4.92. The lowest BCUT2D eigenvalue weighted by molar-refractivity contribution is 0.260. The van der Waals surface area contributed by atoms with Crippen molar-refractivity contribution in [2.75, 3.05) is 6.16 Å². The highest BCUT2D eigenvalue weighted by molar-refractivity contribution is 7.38. The normalized spacial score (nSPS) is 21.0. The molecule has 0 nitrogen and oxygen atoms in total. The van der Waals surface area contributed by atoms with E-state index in [-0.39, 0.29) is 0 Å².